The van der Waals surface area contributed by atoms with E-state index in [2.05, 4.69) is 15.9 Å². The van der Waals surface area contributed by atoms with Gasteiger partial charge >= 0.3 is 5.97 Å². The van der Waals surface area contributed by atoms with Gasteiger partial charge in [0.15, 0.2) is 0 Å². The van der Waals surface area contributed by atoms with Gasteiger partial charge in [-0.05, 0) is 28.1 Å². The lowest BCUT2D eigenvalue weighted by molar-refractivity contribution is -0.127. The molecule has 6 heteroatoms. The predicted molar refractivity (Wildman–Crippen MR) is 75.8 cm³/mol. The van der Waals surface area contributed by atoms with E-state index in [9.17, 15) is 9.59 Å². The highest BCUT2D eigenvalue weighted by molar-refractivity contribution is 9.11. The molecule has 4 nitrogen and oxygen atoms in total. The maximum Gasteiger partial charge on any atom is 0.349 e. The average Bonchev–Trinajstić information content (AvgIpc) is 2.83. The Kier molecular flexibility index (Phi) is 4.34. The summed E-state index contributed by atoms with van der Waals surface area (Å²) in [6.07, 6.45) is -1.07. The highest BCUT2D eigenvalue weighted by Gasteiger charge is 2.23. The summed E-state index contributed by atoms with van der Waals surface area (Å²) in [4.78, 5) is 23.7. The third-order valence-electron chi connectivity index (χ3n) is 2.36. The van der Waals surface area contributed by atoms with Crippen molar-refractivity contribution in [2.45, 2.75) is 6.10 Å². The Labute approximate surface area is 122 Å². The fraction of sp³-hybridized carbons (Fsp3) is 0.0769. The number of benzene rings is 1. The number of thiophene rings is 1. The SMILES string of the molecule is NC(=O)[C@@H](OC(=O)c1ccc(Br)s1)c1ccccc1. The van der Waals surface area contributed by atoms with Gasteiger partial charge in [0.25, 0.3) is 5.91 Å². The van der Waals surface area contributed by atoms with E-state index >= 15 is 0 Å². The minimum absolute atomic E-state index is 0.411. The van der Waals surface area contributed by atoms with Crippen LogP contribution in [0.1, 0.15) is 21.3 Å². The van der Waals surface area contributed by atoms with E-state index < -0.39 is 18.0 Å². The van der Waals surface area contributed by atoms with Crippen LogP contribution in [0.15, 0.2) is 46.3 Å². The molecule has 0 saturated heterocycles. The number of hydrogen-bond acceptors (Lipinski definition) is 4. The van der Waals surface area contributed by atoms with Crippen molar-refractivity contribution < 1.29 is 14.3 Å². The number of esters is 1. The molecule has 0 spiro atoms. The molecule has 98 valence electrons. The Bertz CT molecular complexity index is 597. The maximum absolute atomic E-state index is 11.9. The van der Waals surface area contributed by atoms with Crippen molar-refractivity contribution >= 4 is 39.1 Å². The van der Waals surface area contributed by atoms with Gasteiger partial charge < -0.3 is 10.5 Å². The molecule has 0 saturated carbocycles. The molecule has 0 aliphatic carbocycles. The largest absolute Gasteiger partial charge is 0.443 e. The van der Waals surface area contributed by atoms with Crippen molar-refractivity contribution in [1.82, 2.24) is 0 Å². The van der Waals surface area contributed by atoms with E-state index in [1.807, 2.05) is 0 Å². The van der Waals surface area contributed by atoms with Crippen LogP contribution in [0.4, 0.5) is 0 Å². The number of halogens is 1. The van der Waals surface area contributed by atoms with Crippen molar-refractivity contribution in [1.29, 1.82) is 0 Å². The van der Waals surface area contributed by atoms with E-state index in [1.165, 1.54) is 11.3 Å². The summed E-state index contributed by atoms with van der Waals surface area (Å²) < 4.78 is 5.99. The lowest BCUT2D eigenvalue weighted by Gasteiger charge is -2.14. The summed E-state index contributed by atoms with van der Waals surface area (Å²) in [5.41, 5.74) is 5.83. The lowest BCUT2D eigenvalue weighted by atomic mass is 10.1. The fourth-order valence-electron chi connectivity index (χ4n) is 1.51. The number of primary amides is 1. The van der Waals surface area contributed by atoms with Gasteiger partial charge in [-0.1, -0.05) is 30.3 Å². The molecule has 0 fully saturated rings. The molecule has 0 unspecified atom stereocenters. The zero-order chi connectivity index (χ0) is 13.8. The Morgan fingerprint density at radius 1 is 1.16 bits per heavy atom. The van der Waals surface area contributed by atoms with Crippen molar-refractivity contribution in [2.24, 2.45) is 5.73 Å². The Morgan fingerprint density at radius 3 is 2.37 bits per heavy atom. The van der Waals surface area contributed by atoms with Crippen molar-refractivity contribution in [3.05, 3.63) is 56.7 Å². The van der Waals surface area contributed by atoms with Crippen LogP contribution in [-0.4, -0.2) is 11.9 Å². The molecule has 0 bridgehead atoms. The zero-order valence-corrected chi connectivity index (χ0v) is 12.1. The van der Waals surface area contributed by atoms with Crippen molar-refractivity contribution in [3.8, 4) is 0 Å². The first kappa shape index (κ1) is 13.8. The Hall–Kier alpha value is -1.66. The van der Waals surface area contributed by atoms with Gasteiger partial charge in [0.05, 0.1) is 3.79 Å². The van der Waals surface area contributed by atoms with Crippen LogP contribution in [0.2, 0.25) is 0 Å². The van der Waals surface area contributed by atoms with Crippen LogP contribution in [0, 0.1) is 0 Å². The van der Waals surface area contributed by atoms with Crippen LogP contribution in [-0.2, 0) is 9.53 Å². The first-order valence-corrected chi connectivity index (χ1v) is 6.99. The molecule has 2 N–H and O–H groups in total. The van der Waals surface area contributed by atoms with Crippen LogP contribution in [0.3, 0.4) is 0 Å². The Morgan fingerprint density at radius 2 is 1.84 bits per heavy atom. The topological polar surface area (TPSA) is 69.4 Å². The molecule has 0 aliphatic rings. The van der Waals surface area contributed by atoms with Gasteiger partial charge in [-0.25, -0.2) is 4.79 Å². The third kappa shape index (κ3) is 3.42. The molecule has 2 aromatic rings. The second kappa shape index (κ2) is 5.99. The van der Waals surface area contributed by atoms with Crippen molar-refractivity contribution in [3.63, 3.8) is 0 Å². The highest BCUT2D eigenvalue weighted by Crippen LogP contribution is 2.25. The molecule has 1 amide bonds. The second-order valence-electron chi connectivity index (χ2n) is 3.70. The van der Waals surface area contributed by atoms with Gasteiger partial charge in [-0.3, -0.25) is 4.79 Å². The molecule has 2 rings (SSSR count). The number of carbonyl (C=O) groups is 2. The molecule has 0 aliphatic heterocycles. The van der Waals surface area contributed by atoms with Crippen LogP contribution < -0.4 is 5.73 Å². The number of amides is 1. The van der Waals surface area contributed by atoms with Gasteiger partial charge in [0.2, 0.25) is 6.10 Å². The standard InChI is InChI=1S/C13H10BrNO3S/c14-10-7-6-9(19-10)13(17)18-11(12(15)16)8-4-2-1-3-5-8/h1-7,11H,(H2,15,16)/t11-/m0/s1. The maximum atomic E-state index is 11.9. The van der Waals surface area contributed by atoms with Gasteiger partial charge in [-0.15, -0.1) is 11.3 Å². The summed E-state index contributed by atoms with van der Waals surface area (Å²) in [6.45, 7) is 0. The van der Waals surface area contributed by atoms with Crippen molar-refractivity contribution in [2.75, 3.05) is 0 Å². The highest BCUT2D eigenvalue weighted by atomic mass is 79.9. The van der Waals surface area contributed by atoms with E-state index in [0.717, 1.165) is 3.79 Å². The van der Waals surface area contributed by atoms with Crippen LogP contribution in [0.25, 0.3) is 0 Å². The van der Waals surface area contributed by atoms with Crippen LogP contribution >= 0.6 is 27.3 Å². The molecular formula is C13H10BrNO3S. The average molecular weight is 340 g/mol. The first-order chi connectivity index (χ1) is 9.08. The predicted octanol–water partition coefficient (Wildman–Crippen LogP) is 2.89. The summed E-state index contributed by atoms with van der Waals surface area (Å²) in [6, 6.07) is 12.0. The van der Waals surface area contributed by atoms with Crippen LogP contribution in [0.5, 0.6) is 0 Å². The number of carbonyl (C=O) groups excluding carboxylic acids is 2. The first-order valence-electron chi connectivity index (χ1n) is 5.38. The second-order valence-corrected chi connectivity index (χ2v) is 6.17. The van der Waals surface area contributed by atoms with Gasteiger partial charge in [0.1, 0.15) is 4.88 Å². The lowest BCUT2D eigenvalue weighted by Crippen LogP contribution is -2.26. The summed E-state index contributed by atoms with van der Waals surface area (Å²) in [7, 11) is 0. The normalized spacial score (nSPS) is 11.8. The van der Waals surface area contributed by atoms with E-state index in [-0.39, 0.29) is 0 Å². The zero-order valence-electron chi connectivity index (χ0n) is 9.71. The van der Waals surface area contributed by atoms with Gasteiger partial charge in [0, 0.05) is 5.56 Å². The molecular weight excluding hydrogens is 330 g/mol. The van der Waals surface area contributed by atoms with Gasteiger partial charge in [-0.2, -0.15) is 0 Å². The number of rotatable bonds is 4. The smallest absolute Gasteiger partial charge is 0.349 e. The monoisotopic (exact) mass is 339 g/mol. The molecule has 1 heterocycles. The molecule has 1 aromatic heterocycles. The minimum Gasteiger partial charge on any atom is -0.443 e. The van der Waals surface area contributed by atoms with E-state index in [4.69, 9.17) is 10.5 Å². The van der Waals surface area contributed by atoms with E-state index in [0.29, 0.717) is 10.4 Å². The number of hydrogen-bond donors (Lipinski definition) is 1. The minimum atomic E-state index is -1.07. The Balaban J connectivity index is 2.18. The molecule has 0 radical (unpaired) electrons. The van der Waals surface area contributed by atoms with E-state index in [1.54, 1.807) is 42.5 Å². The number of nitrogens with two attached hydrogens (primary N) is 1. The molecule has 1 atom stereocenters. The molecule has 19 heavy (non-hydrogen) atoms. The summed E-state index contributed by atoms with van der Waals surface area (Å²) in [5, 5.41) is 0. The fourth-order valence-corrected chi connectivity index (χ4v) is 2.78. The summed E-state index contributed by atoms with van der Waals surface area (Å²) >= 11 is 4.49. The summed E-state index contributed by atoms with van der Waals surface area (Å²) in [5.74, 6) is -1.27. The quantitative estimate of drug-likeness (QED) is 0.870. The number of ether oxygens (including phenoxy) is 1. The molecule has 1 aromatic carbocycles. The third-order valence-corrected chi connectivity index (χ3v) is 3.96.